The molecule has 0 aromatic carbocycles. The highest BCUT2D eigenvalue weighted by Crippen LogP contribution is 2.67. The third-order valence-electron chi connectivity index (χ3n) is 8.35. The lowest BCUT2D eigenvalue weighted by molar-refractivity contribution is -0.275. The van der Waals surface area contributed by atoms with Crippen molar-refractivity contribution < 1.29 is 24.2 Å². The van der Waals surface area contributed by atoms with Gasteiger partial charge in [0.05, 0.1) is 17.1 Å². The number of rotatable bonds is 2. The van der Waals surface area contributed by atoms with Gasteiger partial charge in [-0.05, 0) is 39.2 Å². The minimum atomic E-state index is -1.31. The maximum absolute atomic E-state index is 13.0. The van der Waals surface area contributed by atoms with Crippen LogP contribution >= 0.6 is 0 Å². The molecule has 1 aromatic heterocycles. The second-order valence-electron chi connectivity index (χ2n) is 10.3. The summed E-state index contributed by atoms with van der Waals surface area (Å²) in [5, 5.41) is 23.4. The van der Waals surface area contributed by atoms with E-state index in [1.807, 2.05) is 32.9 Å². The first kappa shape index (κ1) is 22.0. The Morgan fingerprint density at radius 1 is 1.10 bits per heavy atom. The molecule has 0 radical (unpaired) electrons. The summed E-state index contributed by atoms with van der Waals surface area (Å²) < 4.78 is 12.1. The maximum Gasteiger partial charge on any atom is 0.295 e. The van der Waals surface area contributed by atoms with Crippen LogP contribution in [0.25, 0.3) is 6.08 Å². The summed E-state index contributed by atoms with van der Waals surface area (Å²) in [6, 6.07) is 1.35. The van der Waals surface area contributed by atoms with Crippen molar-refractivity contribution in [1.29, 1.82) is 0 Å². The van der Waals surface area contributed by atoms with Gasteiger partial charge in [-0.15, -0.1) is 0 Å². The minimum absolute atomic E-state index is 0.0276. The van der Waals surface area contributed by atoms with Crippen molar-refractivity contribution in [3.05, 3.63) is 45.8 Å². The Balaban J connectivity index is 1.84. The van der Waals surface area contributed by atoms with Crippen LogP contribution in [0.5, 0.6) is 5.95 Å². The van der Waals surface area contributed by atoms with Gasteiger partial charge in [0.25, 0.3) is 5.95 Å². The van der Waals surface area contributed by atoms with Gasteiger partial charge in [0.15, 0.2) is 5.43 Å². The van der Waals surface area contributed by atoms with Crippen molar-refractivity contribution in [3.8, 4) is 5.95 Å². The zero-order chi connectivity index (χ0) is 22.8. The molecule has 1 aliphatic heterocycles. The molecule has 168 valence electrons. The van der Waals surface area contributed by atoms with Crippen molar-refractivity contribution in [3.63, 3.8) is 0 Å². The average molecular weight is 429 g/mol. The van der Waals surface area contributed by atoms with Gasteiger partial charge in [-0.25, -0.2) is 0 Å². The van der Waals surface area contributed by atoms with Gasteiger partial charge in [-0.2, -0.15) is 0 Å². The fourth-order valence-corrected chi connectivity index (χ4v) is 6.47. The molecule has 2 saturated carbocycles. The standard InChI is InChI=1S/C25H32O6/c1-6-7-8-9-15-14-16(26)18-19(28)20-23(4)11-10-17(27)22(2,3)25(23,29)13-12-24(20,5)31-21(18)30-15/h6-9,14,19-20,28-29H,10-13H2,1-5H3. The SMILES string of the molecule is CC=CC=Cc1cc(=O)c2c(o1)OC1(C)CCC3(O)C(C)(C)C(=O)CCC3(C)C1C2O. The molecule has 3 aliphatic rings. The topological polar surface area (TPSA) is 97.0 Å². The van der Waals surface area contributed by atoms with E-state index in [4.69, 9.17) is 9.15 Å². The summed E-state index contributed by atoms with van der Waals surface area (Å²) in [5.41, 5.74) is -4.19. The van der Waals surface area contributed by atoms with Crippen molar-refractivity contribution in [2.45, 2.75) is 77.6 Å². The fraction of sp³-hybridized carbons (Fsp3) is 0.600. The first-order valence-electron chi connectivity index (χ1n) is 11.0. The molecule has 4 rings (SSSR count). The smallest absolute Gasteiger partial charge is 0.295 e. The van der Waals surface area contributed by atoms with Crippen LogP contribution in [0, 0.1) is 16.7 Å². The van der Waals surface area contributed by atoms with Crippen LogP contribution in [-0.4, -0.2) is 27.2 Å². The number of aliphatic hydroxyl groups is 2. The van der Waals surface area contributed by atoms with Crippen LogP contribution in [0.3, 0.4) is 0 Å². The lowest BCUT2D eigenvalue weighted by Gasteiger charge is -2.66. The maximum atomic E-state index is 13.0. The number of hydrogen-bond acceptors (Lipinski definition) is 6. The van der Waals surface area contributed by atoms with Gasteiger partial charge < -0.3 is 19.4 Å². The van der Waals surface area contributed by atoms with E-state index in [0.29, 0.717) is 31.4 Å². The van der Waals surface area contributed by atoms with Gasteiger partial charge in [-0.3, -0.25) is 9.59 Å². The third kappa shape index (κ3) is 2.84. The Hall–Kier alpha value is -2.18. The highest BCUT2D eigenvalue weighted by molar-refractivity contribution is 5.87. The Morgan fingerprint density at radius 3 is 2.48 bits per heavy atom. The molecule has 0 spiro atoms. The predicted octanol–water partition coefficient (Wildman–Crippen LogP) is 3.95. The molecule has 0 saturated heterocycles. The highest BCUT2D eigenvalue weighted by Gasteiger charge is 2.72. The first-order valence-corrected chi connectivity index (χ1v) is 11.0. The lowest BCUT2D eigenvalue weighted by Crippen LogP contribution is -2.73. The third-order valence-corrected chi connectivity index (χ3v) is 8.35. The van der Waals surface area contributed by atoms with E-state index in [0.717, 1.165) is 0 Å². The number of carbonyl (C=O) groups excluding carboxylic acids is 1. The van der Waals surface area contributed by atoms with Gasteiger partial charge in [0.2, 0.25) is 0 Å². The number of fused-ring (bicyclic) bond motifs is 4. The summed E-state index contributed by atoms with van der Waals surface area (Å²) in [6.07, 6.45) is 7.49. The predicted molar refractivity (Wildman–Crippen MR) is 117 cm³/mol. The number of aliphatic hydroxyl groups excluding tert-OH is 1. The molecule has 0 amide bonds. The second kappa shape index (κ2) is 6.91. The number of carbonyl (C=O) groups is 1. The fourth-order valence-electron chi connectivity index (χ4n) is 6.47. The molecular formula is C25H32O6. The first-order chi connectivity index (χ1) is 14.4. The Bertz CT molecular complexity index is 1030. The Morgan fingerprint density at radius 2 is 1.81 bits per heavy atom. The molecule has 6 heteroatoms. The lowest BCUT2D eigenvalue weighted by atomic mass is 9.41. The molecule has 2 heterocycles. The largest absolute Gasteiger partial charge is 0.458 e. The molecule has 2 N–H and O–H groups in total. The summed E-state index contributed by atoms with van der Waals surface area (Å²) >= 11 is 0. The van der Waals surface area contributed by atoms with E-state index in [1.54, 1.807) is 26.0 Å². The van der Waals surface area contributed by atoms with Crippen molar-refractivity contribution in [2.24, 2.45) is 16.7 Å². The van der Waals surface area contributed by atoms with Crippen LogP contribution in [0.4, 0.5) is 0 Å². The molecule has 5 atom stereocenters. The van der Waals surface area contributed by atoms with Gasteiger partial charge in [0.1, 0.15) is 22.7 Å². The molecule has 2 aliphatic carbocycles. The minimum Gasteiger partial charge on any atom is -0.458 e. The average Bonchev–Trinajstić information content (AvgIpc) is 2.68. The molecule has 1 aromatic rings. The quantitative estimate of drug-likeness (QED) is 0.693. The van der Waals surface area contributed by atoms with E-state index < -0.39 is 34.1 Å². The van der Waals surface area contributed by atoms with Gasteiger partial charge in [0, 0.05) is 23.8 Å². The van der Waals surface area contributed by atoms with E-state index in [1.165, 1.54) is 6.07 Å². The summed E-state index contributed by atoms with van der Waals surface area (Å²) in [6.45, 7) is 9.30. The van der Waals surface area contributed by atoms with Crippen LogP contribution in [0.15, 0.2) is 33.5 Å². The Kier molecular flexibility index (Phi) is 4.91. The van der Waals surface area contributed by atoms with Crippen molar-refractivity contribution in [1.82, 2.24) is 0 Å². The van der Waals surface area contributed by atoms with E-state index in [2.05, 4.69) is 0 Å². The highest BCUT2D eigenvalue weighted by atomic mass is 16.6. The van der Waals surface area contributed by atoms with E-state index >= 15 is 0 Å². The van der Waals surface area contributed by atoms with Crippen LogP contribution < -0.4 is 10.2 Å². The van der Waals surface area contributed by atoms with Crippen LogP contribution in [0.1, 0.15) is 77.7 Å². The monoisotopic (exact) mass is 428 g/mol. The number of hydrogen-bond donors (Lipinski definition) is 2. The van der Waals surface area contributed by atoms with Gasteiger partial charge >= 0.3 is 0 Å². The molecule has 5 unspecified atom stereocenters. The summed E-state index contributed by atoms with van der Waals surface area (Å²) in [5.74, 6) is -0.149. The number of ketones is 1. The second-order valence-corrected chi connectivity index (χ2v) is 10.3. The summed E-state index contributed by atoms with van der Waals surface area (Å²) in [7, 11) is 0. The van der Waals surface area contributed by atoms with Crippen LogP contribution in [-0.2, 0) is 4.79 Å². The zero-order valence-electron chi connectivity index (χ0n) is 18.9. The van der Waals surface area contributed by atoms with Crippen molar-refractivity contribution >= 4 is 11.9 Å². The van der Waals surface area contributed by atoms with Gasteiger partial charge in [-0.1, -0.05) is 39.0 Å². The molecule has 31 heavy (non-hydrogen) atoms. The zero-order valence-corrected chi connectivity index (χ0v) is 18.9. The van der Waals surface area contributed by atoms with E-state index in [-0.39, 0.29) is 22.7 Å². The number of ether oxygens (including phenoxy) is 1. The number of allylic oxidation sites excluding steroid dienone is 3. The Labute approximate surface area is 182 Å². The molecule has 0 bridgehead atoms. The van der Waals surface area contributed by atoms with Crippen molar-refractivity contribution in [2.75, 3.05) is 0 Å². The van der Waals surface area contributed by atoms with E-state index in [9.17, 15) is 19.8 Å². The molecule has 6 nitrogen and oxygen atoms in total. The van der Waals surface area contributed by atoms with Crippen LogP contribution in [0.2, 0.25) is 0 Å². The molecular weight excluding hydrogens is 396 g/mol. The number of Topliss-reactive ketones (excluding diaryl/α,β-unsaturated/α-hetero) is 1. The molecule has 2 fully saturated rings. The normalized spacial score (nSPS) is 39.1. The summed E-state index contributed by atoms with van der Waals surface area (Å²) in [4.78, 5) is 25.7.